The molecule has 1 aliphatic heterocycles. The Morgan fingerprint density at radius 3 is 2.63 bits per heavy atom. The van der Waals surface area contributed by atoms with Crippen LogP contribution in [-0.2, 0) is 14.4 Å². The van der Waals surface area contributed by atoms with Gasteiger partial charge in [0.1, 0.15) is 23.6 Å². The third-order valence-corrected chi connectivity index (χ3v) is 4.46. The maximum atomic E-state index is 13.3. The van der Waals surface area contributed by atoms with E-state index in [0.717, 1.165) is 0 Å². The SMILES string of the molecule is CN(C)C(=O)C1=C(C=O)CCCN1CC(=O)N/C(N)=C/C=C(\N)c1cccc(F)c1. The number of hydrogen-bond acceptors (Lipinski definition) is 6. The van der Waals surface area contributed by atoms with Crippen LogP contribution in [-0.4, -0.2) is 55.1 Å². The summed E-state index contributed by atoms with van der Waals surface area (Å²) in [6.07, 6.45) is 4.66. The van der Waals surface area contributed by atoms with Gasteiger partial charge < -0.3 is 26.6 Å². The van der Waals surface area contributed by atoms with Gasteiger partial charge in [-0.05, 0) is 37.1 Å². The summed E-state index contributed by atoms with van der Waals surface area (Å²) < 4.78 is 13.3. The zero-order chi connectivity index (χ0) is 22.3. The molecule has 5 N–H and O–H groups in total. The number of halogens is 1. The number of benzene rings is 1. The first-order chi connectivity index (χ1) is 14.2. The second-order valence-electron chi connectivity index (χ2n) is 7.02. The number of nitrogens with one attached hydrogen (secondary N) is 1. The summed E-state index contributed by atoms with van der Waals surface area (Å²) in [5.74, 6) is -1.16. The molecule has 160 valence electrons. The molecule has 1 aliphatic rings. The molecule has 1 aromatic rings. The van der Waals surface area contributed by atoms with Crippen molar-refractivity contribution in [1.82, 2.24) is 15.1 Å². The second kappa shape index (κ2) is 10.2. The van der Waals surface area contributed by atoms with Crippen molar-refractivity contribution in [3.05, 3.63) is 64.9 Å². The molecule has 1 aromatic carbocycles. The molecule has 8 nitrogen and oxygen atoms in total. The van der Waals surface area contributed by atoms with Gasteiger partial charge >= 0.3 is 0 Å². The summed E-state index contributed by atoms with van der Waals surface area (Å²) in [5, 5.41) is 2.52. The van der Waals surface area contributed by atoms with Gasteiger partial charge in [0.25, 0.3) is 5.91 Å². The Kier molecular flexibility index (Phi) is 7.74. The lowest BCUT2D eigenvalue weighted by Gasteiger charge is -2.32. The number of carbonyl (C=O) groups is 3. The van der Waals surface area contributed by atoms with Crippen molar-refractivity contribution in [3.8, 4) is 0 Å². The van der Waals surface area contributed by atoms with Gasteiger partial charge in [-0.25, -0.2) is 4.39 Å². The summed E-state index contributed by atoms with van der Waals surface area (Å²) in [6, 6.07) is 5.77. The third-order valence-electron chi connectivity index (χ3n) is 4.46. The fourth-order valence-corrected chi connectivity index (χ4v) is 3.01. The summed E-state index contributed by atoms with van der Waals surface area (Å²) in [7, 11) is 3.17. The minimum atomic E-state index is -0.447. The maximum absolute atomic E-state index is 13.3. The minimum Gasteiger partial charge on any atom is -0.398 e. The van der Waals surface area contributed by atoms with E-state index >= 15 is 0 Å². The van der Waals surface area contributed by atoms with Gasteiger partial charge in [0.2, 0.25) is 5.91 Å². The van der Waals surface area contributed by atoms with E-state index in [1.165, 1.54) is 35.3 Å². The lowest BCUT2D eigenvalue weighted by molar-refractivity contribution is -0.127. The highest BCUT2D eigenvalue weighted by atomic mass is 19.1. The van der Waals surface area contributed by atoms with E-state index in [9.17, 15) is 18.8 Å². The molecule has 0 saturated carbocycles. The summed E-state index contributed by atoms with van der Waals surface area (Å²) >= 11 is 0. The van der Waals surface area contributed by atoms with Crippen LogP contribution in [0.5, 0.6) is 0 Å². The average molecular weight is 415 g/mol. The molecule has 1 heterocycles. The van der Waals surface area contributed by atoms with Crippen LogP contribution in [0.4, 0.5) is 4.39 Å². The van der Waals surface area contributed by atoms with E-state index in [4.69, 9.17) is 11.5 Å². The highest BCUT2D eigenvalue weighted by molar-refractivity contribution is 5.99. The van der Waals surface area contributed by atoms with E-state index in [2.05, 4.69) is 5.32 Å². The molecule has 0 aliphatic carbocycles. The van der Waals surface area contributed by atoms with Crippen LogP contribution in [0.3, 0.4) is 0 Å². The van der Waals surface area contributed by atoms with E-state index in [1.54, 1.807) is 25.1 Å². The molecule has 2 amide bonds. The van der Waals surface area contributed by atoms with E-state index in [-0.39, 0.29) is 29.7 Å². The van der Waals surface area contributed by atoms with Gasteiger partial charge in [-0.3, -0.25) is 14.4 Å². The van der Waals surface area contributed by atoms with Crippen molar-refractivity contribution in [2.24, 2.45) is 11.5 Å². The number of likely N-dealkylation sites (N-methyl/N-ethyl adjacent to an activating group) is 1. The van der Waals surface area contributed by atoms with Crippen molar-refractivity contribution in [3.63, 3.8) is 0 Å². The molecule has 9 heteroatoms. The Balaban J connectivity index is 2.08. The van der Waals surface area contributed by atoms with Crippen molar-refractivity contribution in [2.75, 3.05) is 27.2 Å². The Morgan fingerprint density at radius 1 is 1.27 bits per heavy atom. The van der Waals surface area contributed by atoms with E-state index in [0.29, 0.717) is 36.8 Å². The number of nitrogens with zero attached hydrogens (tertiary/aromatic N) is 2. The fraction of sp³-hybridized carbons (Fsp3) is 0.286. The second-order valence-corrected chi connectivity index (χ2v) is 7.02. The molecule has 0 bridgehead atoms. The minimum absolute atomic E-state index is 0.0384. The number of amides is 2. The lowest BCUT2D eigenvalue weighted by atomic mass is 10.0. The number of rotatable bonds is 7. The van der Waals surface area contributed by atoms with E-state index in [1.807, 2.05) is 0 Å². The average Bonchev–Trinajstić information content (AvgIpc) is 2.71. The number of hydrogen-bond donors (Lipinski definition) is 3. The van der Waals surface area contributed by atoms with Crippen LogP contribution in [0.1, 0.15) is 18.4 Å². The van der Waals surface area contributed by atoms with Crippen LogP contribution in [0.15, 0.2) is 53.5 Å². The zero-order valence-corrected chi connectivity index (χ0v) is 17.0. The molecule has 0 spiro atoms. The topological polar surface area (TPSA) is 122 Å². The molecule has 0 saturated heterocycles. The Hall–Kier alpha value is -3.62. The molecular weight excluding hydrogens is 389 g/mol. The lowest BCUT2D eigenvalue weighted by Crippen LogP contribution is -2.44. The smallest absolute Gasteiger partial charge is 0.270 e. The molecule has 30 heavy (non-hydrogen) atoms. The predicted octanol–water partition coefficient (Wildman–Crippen LogP) is 0.679. The van der Waals surface area contributed by atoms with Crippen LogP contribution < -0.4 is 16.8 Å². The molecular formula is C21H26FN5O3. The molecule has 0 aromatic heterocycles. The summed E-state index contributed by atoms with van der Waals surface area (Å²) in [6.45, 7) is 0.333. The standard InChI is InChI=1S/C21H26FN5O3/c1-26(2)21(30)20-15(13-28)6-4-10-27(20)12-19(29)25-18(24)9-8-17(23)14-5-3-7-16(22)11-14/h3,5,7-9,11,13H,4,6,10,12,23-24H2,1-2H3,(H,25,29)/b17-8-,18-9+. The van der Waals surface area contributed by atoms with Gasteiger partial charge in [-0.2, -0.15) is 0 Å². The molecule has 0 unspecified atom stereocenters. The molecule has 0 fully saturated rings. The van der Waals surface area contributed by atoms with Gasteiger partial charge in [-0.15, -0.1) is 0 Å². The van der Waals surface area contributed by atoms with Gasteiger partial charge in [0.05, 0.1) is 6.54 Å². The molecule has 0 atom stereocenters. The van der Waals surface area contributed by atoms with Crippen molar-refractivity contribution >= 4 is 23.8 Å². The quantitative estimate of drug-likeness (QED) is 0.445. The normalized spacial score (nSPS) is 15.1. The molecule has 2 rings (SSSR count). The Labute approximate surface area is 174 Å². The van der Waals surface area contributed by atoms with Crippen LogP contribution in [0.25, 0.3) is 5.70 Å². The number of carbonyl (C=O) groups excluding carboxylic acids is 3. The fourth-order valence-electron chi connectivity index (χ4n) is 3.01. The van der Waals surface area contributed by atoms with Crippen LogP contribution >= 0.6 is 0 Å². The van der Waals surface area contributed by atoms with E-state index < -0.39 is 11.7 Å². The predicted molar refractivity (Wildman–Crippen MR) is 112 cm³/mol. The van der Waals surface area contributed by atoms with Crippen LogP contribution in [0.2, 0.25) is 0 Å². The van der Waals surface area contributed by atoms with Crippen molar-refractivity contribution < 1.29 is 18.8 Å². The van der Waals surface area contributed by atoms with Crippen molar-refractivity contribution in [2.45, 2.75) is 12.8 Å². The largest absolute Gasteiger partial charge is 0.398 e. The number of aldehydes is 1. The van der Waals surface area contributed by atoms with Gasteiger partial charge in [-0.1, -0.05) is 12.1 Å². The Bertz CT molecular complexity index is 921. The Morgan fingerprint density at radius 2 is 2.00 bits per heavy atom. The highest BCUT2D eigenvalue weighted by Gasteiger charge is 2.28. The van der Waals surface area contributed by atoms with Gasteiger partial charge in [0, 0.05) is 37.5 Å². The van der Waals surface area contributed by atoms with Crippen LogP contribution in [0, 0.1) is 5.82 Å². The first-order valence-corrected chi connectivity index (χ1v) is 9.36. The summed E-state index contributed by atoms with van der Waals surface area (Å²) in [4.78, 5) is 39.2. The maximum Gasteiger partial charge on any atom is 0.270 e. The van der Waals surface area contributed by atoms with Gasteiger partial charge in [0.15, 0.2) is 0 Å². The highest BCUT2D eigenvalue weighted by Crippen LogP contribution is 2.22. The summed E-state index contributed by atoms with van der Waals surface area (Å²) in [5.41, 5.74) is 13.1. The zero-order valence-electron chi connectivity index (χ0n) is 17.0. The number of nitrogens with two attached hydrogens (primary N) is 2. The monoisotopic (exact) mass is 415 g/mol. The first-order valence-electron chi connectivity index (χ1n) is 9.36. The third kappa shape index (κ3) is 5.94. The first kappa shape index (κ1) is 22.7. The molecule has 0 radical (unpaired) electrons. The van der Waals surface area contributed by atoms with Crippen molar-refractivity contribution in [1.29, 1.82) is 0 Å². The number of allylic oxidation sites excluding steroid dienone is 3.